The number of amides is 3. The van der Waals surface area contributed by atoms with E-state index >= 15 is 0 Å². The van der Waals surface area contributed by atoms with Crippen LogP contribution in [0.2, 0.25) is 0 Å². The summed E-state index contributed by atoms with van der Waals surface area (Å²) in [6.45, 7) is 0.427. The van der Waals surface area contributed by atoms with Crippen LogP contribution in [0.1, 0.15) is 5.76 Å². The van der Waals surface area contributed by atoms with E-state index < -0.39 is 11.9 Å². The van der Waals surface area contributed by atoms with Crippen molar-refractivity contribution in [3.05, 3.63) is 54.5 Å². The third kappa shape index (κ3) is 3.88. The Kier molecular flexibility index (Phi) is 4.39. The van der Waals surface area contributed by atoms with Crippen molar-refractivity contribution in [1.29, 1.82) is 0 Å². The topological polar surface area (TPSA) is 88.6 Å². The molecule has 0 atom stereocenters. The molecule has 3 amide bonds. The van der Waals surface area contributed by atoms with Crippen LogP contribution in [0.3, 0.4) is 0 Å². The number of furan rings is 1. The van der Waals surface area contributed by atoms with Crippen molar-refractivity contribution in [3.8, 4) is 0 Å². The zero-order valence-corrected chi connectivity index (χ0v) is 10.8. The van der Waals surface area contributed by atoms with Crippen molar-refractivity contribution in [2.24, 2.45) is 5.73 Å². The van der Waals surface area contributed by atoms with Crippen LogP contribution in [0.4, 0.5) is 10.5 Å². The Labute approximate surface area is 116 Å². The molecule has 0 saturated carbocycles. The van der Waals surface area contributed by atoms with Crippen LogP contribution in [0.25, 0.3) is 0 Å². The molecule has 0 aliphatic rings. The predicted octanol–water partition coefficient (Wildman–Crippen LogP) is 1.48. The van der Waals surface area contributed by atoms with E-state index in [1.54, 1.807) is 17.2 Å². The first-order chi connectivity index (χ1) is 9.65. The number of anilines is 1. The average Bonchev–Trinajstić information content (AvgIpc) is 2.91. The molecule has 1 heterocycles. The lowest BCUT2D eigenvalue weighted by Crippen LogP contribution is -2.42. The number of para-hydroxylation sites is 1. The van der Waals surface area contributed by atoms with Gasteiger partial charge in [-0.2, -0.15) is 0 Å². The molecule has 20 heavy (non-hydrogen) atoms. The Morgan fingerprint density at radius 1 is 1.15 bits per heavy atom. The molecule has 0 saturated heterocycles. The minimum atomic E-state index is -0.860. The van der Waals surface area contributed by atoms with E-state index in [0.717, 1.165) is 11.4 Å². The van der Waals surface area contributed by atoms with Crippen molar-refractivity contribution < 1.29 is 14.0 Å². The predicted molar refractivity (Wildman–Crippen MR) is 73.9 cm³/mol. The van der Waals surface area contributed by atoms with Crippen molar-refractivity contribution in [1.82, 2.24) is 5.32 Å². The lowest BCUT2D eigenvalue weighted by Gasteiger charge is -2.22. The van der Waals surface area contributed by atoms with Gasteiger partial charge in [0.2, 0.25) is 5.91 Å². The van der Waals surface area contributed by atoms with Crippen LogP contribution in [0.15, 0.2) is 53.1 Å². The highest BCUT2D eigenvalue weighted by Gasteiger charge is 2.14. The van der Waals surface area contributed by atoms with E-state index in [-0.39, 0.29) is 6.54 Å². The molecule has 0 bridgehead atoms. The number of rotatable bonds is 5. The highest BCUT2D eigenvalue weighted by molar-refractivity contribution is 5.95. The summed E-state index contributed by atoms with van der Waals surface area (Å²) in [5.74, 6) is 0.258. The van der Waals surface area contributed by atoms with Crippen molar-refractivity contribution in [2.45, 2.75) is 6.54 Å². The van der Waals surface area contributed by atoms with E-state index in [4.69, 9.17) is 10.2 Å². The standard InChI is InChI=1S/C14H15N3O3/c15-14(19)16-13(18)10-17(9-12-7-4-8-20-12)11-5-2-1-3-6-11/h1-8H,9-10H2,(H3,15,16,18,19). The van der Waals surface area contributed by atoms with Gasteiger partial charge in [-0.3, -0.25) is 10.1 Å². The molecule has 3 N–H and O–H groups in total. The molecule has 104 valence electrons. The molecule has 2 rings (SSSR count). The van der Waals surface area contributed by atoms with E-state index in [0.29, 0.717) is 6.54 Å². The normalized spacial score (nSPS) is 10.0. The lowest BCUT2D eigenvalue weighted by atomic mass is 10.2. The molecule has 1 aromatic heterocycles. The summed E-state index contributed by atoms with van der Waals surface area (Å²) in [6.07, 6.45) is 1.57. The molecular formula is C14H15N3O3. The van der Waals surface area contributed by atoms with Gasteiger partial charge in [0, 0.05) is 5.69 Å². The number of urea groups is 1. The van der Waals surface area contributed by atoms with Crippen molar-refractivity contribution in [3.63, 3.8) is 0 Å². The first-order valence-corrected chi connectivity index (χ1v) is 6.07. The molecule has 0 aliphatic heterocycles. The van der Waals surface area contributed by atoms with Gasteiger partial charge >= 0.3 is 6.03 Å². The molecule has 0 fully saturated rings. The first kappa shape index (κ1) is 13.7. The summed E-state index contributed by atoms with van der Waals surface area (Å²) in [5, 5.41) is 2.05. The summed E-state index contributed by atoms with van der Waals surface area (Å²) in [6, 6.07) is 12.1. The Bertz CT molecular complexity index is 567. The second kappa shape index (κ2) is 6.42. The van der Waals surface area contributed by atoms with Gasteiger partial charge in [-0.25, -0.2) is 4.79 Å². The highest BCUT2D eigenvalue weighted by atomic mass is 16.3. The van der Waals surface area contributed by atoms with E-state index in [1.165, 1.54) is 0 Å². The second-order valence-electron chi connectivity index (χ2n) is 4.18. The van der Waals surface area contributed by atoms with Crippen LogP contribution in [0, 0.1) is 0 Å². The molecule has 1 aromatic carbocycles. The highest BCUT2D eigenvalue weighted by Crippen LogP contribution is 2.16. The number of nitrogens with two attached hydrogens (primary N) is 1. The number of hydrogen-bond acceptors (Lipinski definition) is 4. The van der Waals surface area contributed by atoms with Crippen LogP contribution in [-0.2, 0) is 11.3 Å². The van der Waals surface area contributed by atoms with Gasteiger partial charge in [0.15, 0.2) is 0 Å². The number of primary amides is 1. The second-order valence-corrected chi connectivity index (χ2v) is 4.18. The summed E-state index contributed by atoms with van der Waals surface area (Å²) < 4.78 is 5.28. The van der Waals surface area contributed by atoms with Gasteiger partial charge in [0.1, 0.15) is 5.76 Å². The number of nitrogens with one attached hydrogen (secondary N) is 1. The fourth-order valence-corrected chi connectivity index (χ4v) is 1.82. The van der Waals surface area contributed by atoms with Gasteiger partial charge in [0.25, 0.3) is 0 Å². The van der Waals surface area contributed by atoms with Crippen molar-refractivity contribution in [2.75, 3.05) is 11.4 Å². The average molecular weight is 273 g/mol. The number of carbonyl (C=O) groups excluding carboxylic acids is 2. The minimum absolute atomic E-state index is 0.00759. The molecule has 2 aromatic rings. The summed E-state index contributed by atoms with van der Waals surface area (Å²) in [4.78, 5) is 24.2. The summed E-state index contributed by atoms with van der Waals surface area (Å²) >= 11 is 0. The van der Waals surface area contributed by atoms with Gasteiger partial charge in [-0.05, 0) is 24.3 Å². The summed E-state index contributed by atoms with van der Waals surface area (Å²) in [7, 11) is 0. The van der Waals surface area contributed by atoms with Crippen LogP contribution in [-0.4, -0.2) is 18.5 Å². The zero-order valence-electron chi connectivity index (χ0n) is 10.8. The number of hydrogen-bond donors (Lipinski definition) is 2. The van der Waals surface area contributed by atoms with Gasteiger partial charge in [0.05, 0.1) is 19.4 Å². The number of nitrogens with zero attached hydrogens (tertiary/aromatic N) is 1. The molecular weight excluding hydrogens is 258 g/mol. The molecule has 0 unspecified atom stereocenters. The maximum Gasteiger partial charge on any atom is 0.318 e. The SMILES string of the molecule is NC(=O)NC(=O)CN(Cc1ccco1)c1ccccc1. The third-order valence-electron chi connectivity index (χ3n) is 2.65. The fraction of sp³-hybridized carbons (Fsp3) is 0.143. The number of imide groups is 1. The monoisotopic (exact) mass is 273 g/mol. The van der Waals surface area contributed by atoms with E-state index in [1.807, 2.05) is 36.4 Å². The quantitative estimate of drug-likeness (QED) is 0.863. The summed E-state index contributed by atoms with van der Waals surface area (Å²) in [5.41, 5.74) is 5.79. The molecule has 6 nitrogen and oxygen atoms in total. The number of benzene rings is 1. The van der Waals surface area contributed by atoms with Crippen LogP contribution < -0.4 is 16.0 Å². The Balaban J connectivity index is 2.12. The van der Waals surface area contributed by atoms with Gasteiger partial charge in [-0.1, -0.05) is 18.2 Å². The Morgan fingerprint density at radius 2 is 1.90 bits per heavy atom. The largest absolute Gasteiger partial charge is 0.467 e. The Morgan fingerprint density at radius 3 is 2.50 bits per heavy atom. The lowest BCUT2D eigenvalue weighted by molar-refractivity contribution is -0.118. The maximum atomic E-state index is 11.7. The first-order valence-electron chi connectivity index (χ1n) is 6.07. The molecule has 0 radical (unpaired) electrons. The van der Waals surface area contributed by atoms with Crippen LogP contribution >= 0.6 is 0 Å². The molecule has 0 spiro atoms. The van der Waals surface area contributed by atoms with Crippen molar-refractivity contribution >= 4 is 17.6 Å². The third-order valence-corrected chi connectivity index (χ3v) is 2.65. The maximum absolute atomic E-state index is 11.7. The van der Waals surface area contributed by atoms with Gasteiger partial charge < -0.3 is 15.1 Å². The fourth-order valence-electron chi connectivity index (χ4n) is 1.82. The molecule has 0 aliphatic carbocycles. The van der Waals surface area contributed by atoms with Gasteiger partial charge in [-0.15, -0.1) is 0 Å². The molecule has 6 heteroatoms. The number of carbonyl (C=O) groups is 2. The van der Waals surface area contributed by atoms with Crippen LogP contribution in [0.5, 0.6) is 0 Å². The van der Waals surface area contributed by atoms with E-state index in [9.17, 15) is 9.59 Å². The van der Waals surface area contributed by atoms with E-state index in [2.05, 4.69) is 5.32 Å². The minimum Gasteiger partial charge on any atom is -0.467 e. The smallest absolute Gasteiger partial charge is 0.318 e. The zero-order chi connectivity index (χ0) is 14.4. The Hall–Kier alpha value is -2.76.